The third-order valence-corrected chi connectivity index (χ3v) is 5.61. The van der Waals surface area contributed by atoms with E-state index >= 15 is 0 Å². The molecular weight excluding hydrogens is 340 g/mol. The molecule has 8 heteroatoms. The predicted octanol–water partition coefficient (Wildman–Crippen LogP) is 2.49. The summed E-state index contributed by atoms with van der Waals surface area (Å²) < 4.78 is 2.23. The summed E-state index contributed by atoms with van der Waals surface area (Å²) >= 11 is 0. The molecule has 0 radical (unpaired) electrons. The Labute approximate surface area is 158 Å². The molecule has 3 aromatic heterocycles. The standard InChI is InChI=1S/C19H26N8/c1-12-15-17(26-19(23-12)24-14-2-3-14)27(11-6-13-4-7-20-8-5-13)18(25-15)16-21-9-10-22-16/h9-10,13-14,20H,2-8,11H2,1H3,(H,21,22)(H,23,24,26). The van der Waals surface area contributed by atoms with Crippen LogP contribution in [-0.2, 0) is 6.54 Å². The SMILES string of the molecule is Cc1nc(NC2CC2)nc2c1nc(-c1ncc[nH]1)n2CCC1CCNCC1. The number of aromatic nitrogens is 6. The lowest BCUT2D eigenvalue weighted by Gasteiger charge is -2.22. The van der Waals surface area contributed by atoms with E-state index in [1.165, 1.54) is 25.7 Å². The molecule has 4 heterocycles. The van der Waals surface area contributed by atoms with E-state index in [1.807, 2.05) is 13.1 Å². The van der Waals surface area contributed by atoms with Crippen LogP contribution < -0.4 is 10.6 Å². The van der Waals surface area contributed by atoms with Crippen molar-refractivity contribution in [3.8, 4) is 11.6 Å². The van der Waals surface area contributed by atoms with Gasteiger partial charge in [0.15, 0.2) is 17.3 Å². The molecule has 5 rings (SSSR count). The zero-order valence-electron chi connectivity index (χ0n) is 15.7. The molecular formula is C19H26N8. The minimum Gasteiger partial charge on any atom is -0.351 e. The second-order valence-corrected chi connectivity index (χ2v) is 7.73. The lowest BCUT2D eigenvalue weighted by Crippen LogP contribution is -2.28. The van der Waals surface area contributed by atoms with E-state index in [0.29, 0.717) is 6.04 Å². The van der Waals surface area contributed by atoms with Crippen molar-refractivity contribution in [2.45, 2.75) is 51.6 Å². The fourth-order valence-corrected chi connectivity index (χ4v) is 3.87. The van der Waals surface area contributed by atoms with Crippen LogP contribution in [-0.4, -0.2) is 48.6 Å². The molecule has 0 unspecified atom stereocenters. The summed E-state index contributed by atoms with van der Waals surface area (Å²) in [6, 6.07) is 0.525. The summed E-state index contributed by atoms with van der Waals surface area (Å²) in [5, 5.41) is 6.88. The van der Waals surface area contributed by atoms with Crippen molar-refractivity contribution >= 4 is 17.1 Å². The Balaban J connectivity index is 1.53. The number of fused-ring (bicyclic) bond motifs is 1. The number of imidazole rings is 2. The maximum atomic E-state index is 4.86. The number of aromatic amines is 1. The molecule has 0 bridgehead atoms. The highest BCUT2D eigenvalue weighted by atomic mass is 15.2. The molecule has 8 nitrogen and oxygen atoms in total. The monoisotopic (exact) mass is 366 g/mol. The number of H-pyrrole nitrogens is 1. The molecule has 0 aromatic carbocycles. The van der Waals surface area contributed by atoms with E-state index < -0.39 is 0 Å². The van der Waals surface area contributed by atoms with Gasteiger partial charge in [-0.1, -0.05) is 0 Å². The Morgan fingerprint density at radius 3 is 2.74 bits per heavy atom. The molecule has 1 saturated carbocycles. The van der Waals surface area contributed by atoms with E-state index in [9.17, 15) is 0 Å². The van der Waals surface area contributed by atoms with Gasteiger partial charge in [0.2, 0.25) is 5.95 Å². The zero-order valence-corrected chi connectivity index (χ0v) is 15.7. The van der Waals surface area contributed by atoms with Crippen LogP contribution in [0, 0.1) is 12.8 Å². The first-order chi connectivity index (χ1) is 13.3. The molecule has 1 saturated heterocycles. The number of nitrogens with zero attached hydrogens (tertiary/aromatic N) is 5. The van der Waals surface area contributed by atoms with E-state index in [-0.39, 0.29) is 0 Å². The van der Waals surface area contributed by atoms with Crippen molar-refractivity contribution in [3.05, 3.63) is 18.1 Å². The second kappa shape index (κ2) is 6.92. The van der Waals surface area contributed by atoms with Gasteiger partial charge in [-0.3, -0.25) is 0 Å². The average Bonchev–Trinajstić information content (AvgIpc) is 3.18. The number of nitrogens with one attached hydrogen (secondary N) is 3. The normalized spacial score (nSPS) is 18.3. The summed E-state index contributed by atoms with van der Waals surface area (Å²) in [5.41, 5.74) is 2.69. The number of aryl methyl sites for hydroxylation is 2. The minimum absolute atomic E-state index is 0.525. The highest BCUT2D eigenvalue weighted by molar-refractivity contribution is 5.79. The van der Waals surface area contributed by atoms with Crippen LogP contribution in [0.2, 0.25) is 0 Å². The predicted molar refractivity (Wildman–Crippen MR) is 104 cm³/mol. The lowest BCUT2D eigenvalue weighted by molar-refractivity contribution is 0.339. The van der Waals surface area contributed by atoms with Gasteiger partial charge in [-0.25, -0.2) is 15.0 Å². The fraction of sp³-hybridized carbons (Fsp3) is 0.579. The first-order valence-electron chi connectivity index (χ1n) is 10.00. The molecule has 142 valence electrons. The van der Waals surface area contributed by atoms with Gasteiger partial charge in [0, 0.05) is 25.0 Å². The maximum Gasteiger partial charge on any atom is 0.225 e. The first-order valence-corrected chi connectivity index (χ1v) is 10.00. The number of piperidine rings is 1. The van der Waals surface area contributed by atoms with Gasteiger partial charge >= 0.3 is 0 Å². The molecule has 3 aromatic rings. The van der Waals surface area contributed by atoms with Crippen molar-refractivity contribution in [2.75, 3.05) is 18.4 Å². The largest absolute Gasteiger partial charge is 0.351 e. The number of anilines is 1. The Kier molecular flexibility index (Phi) is 4.27. The molecule has 27 heavy (non-hydrogen) atoms. The summed E-state index contributed by atoms with van der Waals surface area (Å²) in [6.45, 7) is 5.16. The Bertz CT molecular complexity index is 919. The van der Waals surface area contributed by atoms with Crippen LogP contribution in [0.3, 0.4) is 0 Å². The van der Waals surface area contributed by atoms with Gasteiger partial charge < -0.3 is 20.2 Å². The molecule has 0 atom stereocenters. The third-order valence-electron chi connectivity index (χ3n) is 5.61. The van der Waals surface area contributed by atoms with Gasteiger partial charge in [-0.15, -0.1) is 0 Å². The zero-order chi connectivity index (χ0) is 18.2. The van der Waals surface area contributed by atoms with Gasteiger partial charge in [-0.05, 0) is 58.0 Å². The van der Waals surface area contributed by atoms with E-state index in [1.54, 1.807) is 6.20 Å². The fourth-order valence-electron chi connectivity index (χ4n) is 3.87. The molecule has 0 spiro atoms. The van der Waals surface area contributed by atoms with Gasteiger partial charge in [-0.2, -0.15) is 4.98 Å². The van der Waals surface area contributed by atoms with Crippen molar-refractivity contribution in [3.63, 3.8) is 0 Å². The van der Waals surface area contributed by atoms with Gasteiger partial charge in [0.1, 0.15) is 5.52 Å². The second-order valence-electron chi connectivity index (χ2n) is 7.73. The molecule has 1 aliphatic heterocycles. The quantitative estimate of drug-likeness (QED) is 0.620. The van der Waals surface area contributed by atoms with E-state index in [4.69, 9.17) is 9.97 Å². The van der Waals surface area contributed by atoms with Crippen LogP contribution >= 0.6 is 0 Å². The number of hydrogen-bond donors (Lipinski definition) is 3. The topological polar surface area (TPSA) is 96.3 Å². The molecule has 2 fully saturated rings. The van der Waals surface area contributed by atoms with E-state index in [2.05, 4.69) is 30.2 Å². The first kappa shape index (κ1) is 16.7. The molecule has 0 amide bonds. The highest BCUT2D eigenvalue weighted by Gasteiger charge is 2.24. The maximum absolute atomic E-state index is 4.86. The summed E-state index contributed by atoms with van der Waals surface area (Å²) in [5.74, 6) is 3.11. The smallest absolute Gasteiger partial charge is 0.225 e. The Morgan fingerprint density at radius 2 is 2.00 bits per heavy atom. The summed E-state index contributed by atoms with van der Waals surface area (Å²) in [4.78, 5) is 22.0. The lowest BCUT2D eigenvalue weighted by atomic mass is 9.95. The number of hydrogen-bond acceptors (Lipinski definition) is 6. The van der Waals surface area contributed by atoms with Crippen LogP contribution in [0.15, 0.2) is 12.4 Å². The van der Waals surface area contributed by atoms with Crippen LogP contribution in [0.4, 0.5) is 5.95 Å². The number of rotatable bonds is 6. The van der Waals surface area contributed by atoms with Crippen molar-refractivity contribution < 1.29 is 0 Å². The van der Waals surface area contributed by atoms with Crippen molar-refractivity contribution in [1.82, 2.24) is 34.8 Å². The Morgan fingerprint density at radius 1 is 1.15 bits per heavy atom. The minimum atomic E-state index is 0.525. The molecule has 3 N–H and O–H groups in total. The summed E-state index contributed by atoms with van der Waals surface area (Å²) in [6.07, 6.45) is 9.63. The molecule has 2 aliphatic rings. The van der Waals surface area contributed by atoms with E-state index in [0.717, 1.165) is 66.4 Å². The molecule has 1 aliphatic carbocycles. The highest BCUT2D eigenvalue weighted by Crippen LogP contribution is 2.28. The van der Waals surface area contributed by atoms with Crippen molar-refractivity contribution in [1.29, 1.82) is 0 Å². The Hall–Kier alpha value is -2.48. The van der Waals surface area contributed by atoms with Gasteiger partial charge in [0.25, 0.3) is 0 Å². The average molecular weight is 366 g/mol. The van der Waals surface area contributed by atoms with Crippen LogP contribution in [0.1, 0.15) is 37.8 Å². The van der Waals surface area contributed by atoms with Crippen LogP contribution in [0.25, 0.3) is 22.8 Å². The van der Waals surface area contributed by atoms with Crippen molar-refractivity contribution in [2.24, 2.45) is 5.92 Å². The van der Waals surface area contributed by atoms with Gasteiger partial charge in [0.05, 0.1) is 5.69 Å². The van der Waals surface area contributed by atoms with Crippen LogP contribution in [0.5, 0.6) is 0 Å². The third kappa shape index (κ3) is 3.41. The summed E-state index contributed by atoms with van der Waals surface area (Å²) in [7, 11) is 0.